The maximum Gasteiger partial charge on any atom is 0.139 e. The molecule has 6 aromatic rings. The van der Waals surface area contributed by atoms with Gasteiger partial charge in [-0.05, 0) is 53.6 Å². The number of benzene rings is 4. The number of rotatable bonds is 3. The van der Waals surface area contributed by atoms with Crippen LogP contribution < -0.4 is 0 Å². The van der Waals surface area contributed by atoms with Gasteiger partial charge in [-0.3, -0.25) is 4.99 Å². The molecule has 1 aliphatic heterocycles. The second-order valence-electron chi connectivity index (χ2n) is 8.98. The number of aliphatic imine (C=N–C) groups is 1. The molecule has 4 aromatic carbocycles. The third-order valence-electron chi connectivity index (χ3n) is 6.70. The van der Waals surface area contributed by atoms with E-state index in [0.717, 1.165) is 66.6 Å². The zero-order valence-corrected chi connectivity index (χ0v) is 20.0. The molecule has 0 saturated carbocycles. The lowest BCUT2D eigenvalue weighted by Crippen LogP contribution is -2.04. The van der Waals surface area contributed by atoms with Gasteiger partial charge in [0, 0.05) is 28.1 Å². The molecule has 0 aliphatic carbocycles. The highest BCUT2D eigenvalue weighted by atomic mass is 14.9. The number of H-pyrrole nitrogens is 1. The number of aromatic amines is 1. The van der Waals surface area contributed by atoms with E-state index in [4.69, 9.17) is 15.0 Å². The van der Waals surface area contributed by atoms with Crippen LogP contribution in [0.15, 0.2) is 133 Å². The molecule has 37 heavy (non-hydrogen) atoms. The molecule has 0 amide bonds. The van der Waals surface area contributed by atoms with Crippen LogP contribution in [0.1, 0.15) is 5.56 Å². The normalized spacial score (nSPS) is 17.2. The Morgan fingerprint density at radius 3 is 2.27 bits per heavy atom. The topological polar surface area (TPSA) is 53.9 Å². The van der Waals surface area contributed by atoms with Crippen LogP contribution in [0.25, 0.3) is 55.4 Å². The van der Waals surface area contributed by atoms with Crippen LogP contribution in [0.2, 0.25) is 0 Å². The van der Waals surface area contributed by atoms with Crippen LogP contribution >= 0.6 is 0 Å². The summed E-state index contributed by atoms with van der Waals surface area (Å²) in [6.45, 7) is 0. The Morgan fingerprint density at radius 2 is 1.32 bits per heavy atom. The molecular formula is C33H22N4. The fourth-order valence-corrected chi connectivity index (χ4v) is 5.00. The van der Waals surface area contributed by atoms with Gasteiger partial charge in [0.1, 0.15) is 5.82 Å². The number of pyridine rings is 1. The van der Waals surface area contributed by atoms with Gasteiger partial charge in [-0.25, -0.2) is 9.97 Å². The Hall–Kier alpha value is -5.09. The van der Waals surface area contributed by atoms with E-state index in [1.807, 2.05) is 54.8 Å². The number of para-hydroxylation sites is 3. The van der Waals surface area contributed by atoms with Gasteiger partial charge in [0.05, 0.1) is 27.8 Å². The first-order valence-electron chi connectivity index (χ1n) is 12.3. The Kier molecular flexibility index (Phi) is 5.07. The molecule has 0 atom stereocenters. The molecule has 0 radical (unpaired) electrons. The van der Waals surface area contributed by atoms with Gasteiger partial charge in [-0.1, -0.05) is 78.9 Å². The van der Waals surface area contributed by atoms with E-state index in [0.29, 0.717) is 0 Å². The van der Waals surface area contributed by atoms with E-state index in [1.54, 1.807) is 0 Å². The monoisotopic (exact) mass is 474 g/mol. The number of imidazole rings is 1. The zero-order valence-electron chi connectivity index (χ0n) is 20.0. The second kappa shape index (κ2) is 8.85. The number of nitrogens with one attached hydrogen (secondary N) is 1. The highest BCUT2D eigenvalue weighted by molar-refractivity contribution is 6.18. The van der Waals surface area contributed by atoms with Crippen molar-refractivity contribution in [2.24, 2.45) is 4.99 Å². The average molecular weight is 475 g/mol. The molecule has 2 aromatic heterocycles. The summed E-state index contributed by atoms with van der Waals surface area (Å²) in [6, 6.07) is 31.3. The third kappa shape index (κ3) is 3.76. The van der Waals surface area contributed by atoms with Crippen molar-refractivity contribution in [2.75, 3.05) is 0 Å². The lowest BCUT2D eigenvalue weighted by Gasteiger charge is -2.16. The zero-order chi connectivity index (χ0) is 24.6. The molecule has 0 unspecified atom stereocenters. The molecule has 1 aliphatic rings. The fraction of sp³-hybridized carbons (Fsp3) is 0. The molecule has 174 valence electrons. The number of aromatic nitrogens is 3. The Labute approximate surface area is 214 Å². The largest absolute Gasteiger partial charge is 0.338 e. The summed E-state index contributed by atoms with van der Waals surface area (Å²) in [5.74, 6) is 0.819. The molecular weight excluding hydrogens is 452 g/mol. The summed E-state index contributed by atoms with van der Waals surface area (Å²) in [6.07, 6.45) is 11.9. The summed E-state index contributed by atoms with van der Waals surface area (Å²) < 4.78 is 0. The van der Waals surface area contributed by atoms with Crippen LogP contribution in [0.4, 0.5) is 0 Å². The third-order valence-corrected chi connectivity index (χ3v) is 6.70. The van der Waals surface area contributed by atoms with E-state index in [2.05, 4.69) is 77.8 Å². The maximum atomic E-state index is 4.96. The number of allylic oxidation sites excluding steroid dienone is 5. The first kappa shape index (κ1) is 21.2. The van der Waals surface area contributed by atoms with E-state index in [1.165, 1.54) is 0 Å². The van der Waals surface area contributed by atoms with Crippen molar-refractivity contribution in [1.82, 2.24) is 15.0 Å². The minimum atomic E-state index is 0.819. The van der Waals surface area contributed by atoms with Crippen LogP contribution in [-0.4, -0.2) is 20.7 Å². The SMILES string of the molecule is C1=C\C=C/C(c2c(-c3nc4ccccc4[nH]3)cccc2-c2cccc3nc4ccccc4cc23)=N\C=C/1. The van der Waals surface area contributed by atoms with Gasteiger partial charge < -0.3 is 4.98 Å². The van der Waals surface area contributed by atoms with Crippen LogP contribution in [0.3, 0.4) is 0 Å². The quantitative estimate of drug-likeness (QED) is 0.264. The molecule has 4 heteroatoms. The summed E-state index contributed by atoms with van der Waals surface area (Å²) in [5.41, 5.74) is 9.00. The highest BCUT2D eigenvalue weighted by Crippen LogP contribution is 2.37. The molecule has 3 heterocycles. The Morgan fingerprint density at radius 1 is 0.568 bits per heavy atom. The molecule has 0 bridgehead atoms. The maximum absolute atomic E-state index is 4.96. The van der Waals surface area contributed by atoms with E-state index >= 15 is 0 Å². The number of nitrogens with zero attached hydrogens (tertiary/aromatic N) is 3. The number of fused-ring (bicyclic) bond motifs is 3. The molecule has 0 fully saturated rings. The van der Waals surface area contributed by atoms with Gasteiger partial charge in [0.25, 0.3) is 0 Å². The molecule has 0 saturated heterocycles. The van der Waals surface area contributed by atoms with Crippen LogP contribution in [-0.2, 0) is 0 Å². The predicted octanol–water partition coefficient (Wildman–Crippen LogP) is 8.03. The summed E-state index contributed by atoms with van der Waals surface area (Å²) >= 11 is 0. The average Bonchev–Trinajstić information content (AvgIpc) is 3.36. The Balaban J connectivity index is 1.54. The first-order chi connectivity index (χ1) is 18.3. The van der Waals surface area contributed by atoms with Gasteiger partial charge >= 0.3 is 0 Å². The smallest absolute Gasteiger partial charge is 0.139 e. The van der Waals surface area contributed by atoms with Gasteiger partial charge in [0.15, 0.2) is 0 Å². The number of hydrogen-bond donors (Lipinski definition) is 1. The van der Waals surface area contributed by atoms with Crippen molar-refractivity contribution in [1.29, 1.82) is 0 Å². The number of hydrogen-bond acceptors (Lipinski definition) is 3. The molecule has 4 nitrogen and oxygen atoms in total. The van der Waals surface area contributed by atoms with E-state index in [9.17, 15) is 0 Å². The van der Waals surface area contributed by atoms with Crippen molar-refractivity contribution < 1.29 is 0 Å². The predicted molar refractivity (Wildman–Crippen MR) is 154 cm³/mol. The van der Waals surface area contributed by atoms with Gasteiger partial charge in [-0.15, -0.1) is 0 Å². The minimum Gasteiger partial charge on any atom is -0.338 e. The van der Waals surface area contributed by atoms with Gasteiger partial charge in [-0.2, -0.15) is 0 Å². The van der Waals surface area contributed by atoms with E-state index < -0.39 is 0 Å². The Bertz CT molecular complexity index is 1900. The summed E-state index contributed by atoms with van der Waals surface area (Å²) in [5, 5.41) is 2.23. The first-order valence-corrected chi connectivity index (χ1v) is 12.3. The van der Waals surface area contributed by atoms with Crippen molar-refractivity contribution in [3.8, 4) is 22.5 Å². The summed E-state index contributed by atoms with van der Waals surface area (Å²) in [7, 11) is 0. The van der Waals surface area contributed by atoms with Crippen molar-refractivity contribution >= 4 is 38.6 Å². The molecule has 7 rings (SSSR count). The molecule has 0 spiro atoms. The van der Waals surface area contributed by atoms with Gasteiger partial charge in [0.2, 0.25) is 0 Å². The van der Waals surface area contributed by atoms with E-state index in [-0.39, 0.29) is 0 Å². The standard InChI is InChI=1S/C33H22N4/c1-2-8-20-34-31(18-3-1)32-24(13-9-14-25(32)33-36-29-16-6-7-17-30(29)37-33)23-12-10-19-28-26(23)21-22-11-4-5-15-27(22)35-28/h1-21H,(H,36,37)/b2-1-,3-1?,8-2?,18-3-,20-8-,31-18?,34-20?,34-31+. The van der Waals surface area contributed by atoms with Crippen LogP contribution in [0, 0.1) is 0 Å². The summed E-state index contributed by atoms with van der Waals surface area (Å²) in [4.78, 5) is 18.3. The highest BCUT2D eigenvalue weighted by Gasteiger charge is 2.19. The van der Waals surface area contributed by atoms with Crippen molar-refractivity contribution in [2.45, 2.75) is 0 Å². The van der Waals surface area contributed by atoms with Crippen molar-refractivity contribution in [3.05, 3.63) is 133 Å². The fourth-order valence-electron chi connectivity index (χ4n) is 5.00. The second-order valence-corrected chi connectivity index (χ2v) is 8.98. The van der Waals surface area contributed by atoms with Crippen molar-refractivity contribution in [3.63, 3.8) is 0 Å². The lowest BCUT2D eigenvalue weighted by molar-refractivity contribution is 1.33. The minimum absolute atomic E-state index is 0.819. The molecule has 1 N–H and O–H groups in total. The lowest BCUT2D eigenvalue weighted by atomic mass is 9.89. The van der Waals surface area contributed by atoms with Crippen LogP contribution in [0.5, 0.6) is 0 Å².